The summed E-state index contributed by atoms with van der Waals surface area (Å²) < 4.78 is 11.6. The average Bonchev–Trinajstić information content (AvgIpc) is 2.92. The predicted molar refractivity (Wildman–Crippen MR) is 84.4 cm³/mol. The van der Waals surface area contributed by atoms with Crippen LogP contribution in [0.15, 0.2) is 23.8 Å². The van der Waals surface area contributed by atoms with Gasteiger partial charge in [-0.25, -0.2) is 0 Å². The van der Waals surface area contributed by atoms with Gasteiger partial charge in [0.15, 0.2) is 11.5 Å². The van der Waals surface area contributed by atoms with E-state index >= 15 is 0 Å². The zero-order valence-electron chi connectivity index (χ0n) is 13.2. The molecule has 0 amide bonds. The molecule has 0 saturated heterocycles. The van der Waals surface area contributed by atoms with Crippen molar-refractivity contribution in [2.75, 3.05) is 7.11 Å². The number of rotatable bonds is 5. The first-order chi connectivity index (χ1) is 9.65. The predicted octanol–water partition coefficient (Wildman–Crippen LogP) is 5.22. The SMILES string of the molecule is CCC(=C(C)C)c1ccc(OC)c(OC2CCCC2)c1. The lowest BCUT2D eigenvalue weighted by molar-refractivity contribution is 0.200. The Bertz CT molecular complexity index is 478. The van der Waals surface area contributed by atoms with Crippen LogP contribution in [-0.2, 0) is 0 Å². The Morgan fingerprint density at radius 1 is 1.15 bits per heavy atom. The summed E-state index contributed by atoms with van der Waals surface area (Å²) in [7, 11) is 1.71. The maximum Gasteiger partial charge on any atom is 0.162 e. The van der Waals surface area contributed by atoms with Gasteiger partial charge in [-0.15, -0.1) is 0 Å². The Morgan fingerprint density at radius 2 is 1.85 bits per heavy atom. The molecule has 2 nitrogen and oxygen atoms in total. The van der Waals surface area contributed by atoms with Gasteiger partial charge < -0.3 is 9.47 Å². The quantitative estimate of drug-likeness (QED) is 0.733. The highest BCUT2D eigenvalue weighted by Crippen LogP contribution is 2.35. The number of hydrogen-bond donors (Lipinski definition) is 0. The molecule has 0 heterocycles. The third kappa shape index (κ3) is 3.36. The van der Waals surface area contributed by atoms with Gasteiger partial charge in [-0.2, -0.15) is 0 Å². The van der Waals surface area contributed by atoms with Crippen LogP contribution in [0.1, 0.15) is 58.4 Å². The van der Waals surface area contributed by atoms with E-state index in [1.54, 1.807) is 7.11 Å². The number of allylic oxidation sites excluding steroid dienone is 2. The summed E-state index contributed by atoms with van der Waals surface area (Å²) in [5.74, 6) is 1.73. The van der Waals surface area contributed by atoms with Crippen molar-refractivity contribution >= 4 is 5.57 Å². The average molecular weight is 274 g/mol. The molecule has 0 bridgehead atoms. The molecule has 1 aromatic carbocycles. The van der Waals surface area contributed by atoms with Crippen molar-refractivity contribution in [1.82, 2.24) is 0 Å². The van der Waals surface area contributed by atoms with E-state index < -0.39 is 0 Å². The minimum absolute atomic E-state index is 0.357. The molecule has 0 radical (unpaired) electrons. The highest BCUT2D eigenvalue weighted by Gasteiger charge is 2.19. The maximum absolute atomic E-state index is 6.16. The topological polar surface area (TPSA) is 18.5 Å². The lowest BCUT2D eigenvalue weighted by Crippen LogP contribution is -2.11. The molecule has 1 aromatic rings. The van der Waals surface area contributed by atoms with E-state index in [4.69, 9.17) is 9.47 Å². The number of hydrogen-bond acceptors (Lipinski definition) is 2. The highest BCUT2D eigenvalue weighted by molar-refractivity contribution is 5.70. The molecule has 2 rings (SSSR count). The van der Waals surface area contributed by atoms with Crippen molar-refractivity contribution in [3.63, 3.8) is 0 Å². The lowest BCUT2D eigenvalue weighted by atomic mass is 9.99. The normalized spacial score (nSPS) is 15.2. The summed E-state index contributed by atoms with van der Waals surface area (Å²) in [6, 6.07) is 6.30. The van der Waals surface area contributed by atoms with E-state index in [1.165, 1.54) is 29.6 Å². The third-order valence-electron chi connectivity index (χ3n) is 4.07. The molecule has 0 aromatic heterocycles. The van der Waals surface area contributed by atoms with Crippen LogP contribution < -0.4 is 9.47 Å². The van der Waals surface area contributed by atoms with Gasteiger partial charge in [0.05, 0.1) is 13.2 Å². The van der Waals surface area contributed by atoms with E-state index in [2.05, 4.69) is 32.9 Å². The fourth-order valence-corrected chi connectivity index (χ4v) is 2.99. The van der Waals surface area contributed by atoms with Gasteiger partial charge in [-0.3, -0.25) is 0 Å². The van der Waals surface area contributed by atoms with Crippen LogP contribution in [0.25, 0.3) is 5.57 Å². The summed E-state index contributed by atoms with van der Waals surface area (Å²) in [5, 5.41) is 0. The Labute approximate surface area is 122 Å². The Kier molecular flexibility index (Phi) is 5.11. The van der Waals surface area contributed by atoms with Crippen LogP contribution in [0.2, 0.25) is 0 Å². The first-order valence-electron chi connectivity index (χ1n) is 7.67. The van der Waals surface area contributed by atoms with Gasteiger partial charge in [0, 0.05) is 0 Å². The molecule has 0 N–H and O–H groups in total. The Hall–Kier alpha value is -1.44. The number of benzene rings is 1. The molecule has 2 heteroatoms. The molecule has 1 aliphatic rings. The fraction of sp³-hybridized carbons (Fsp3) is 0.556. The van der Waals surface area contributed by atoms with Gasteiger partial charge in [0.25, 0.3) is 0 Å². The second-order valence-electron chi connectivity index (χ2n) is 5.72. The summed E-state index contributed by atoms with van der Waals surface area (Å²) in [5.41, 5.74) is 4.01. The smallest absolute Gasteiger partial charge is 0.162 e. The first-order valence-corrected chi connectivity index (χ1v) is 7.67. The van der Waals surface area contributed by atoms with Crippen LogP contribution in [0.5, 0.6) is 11.5 Å². The molecule has 0 aliphatic heterocycles. The molecule has 0 spiro atoms. The molecule has 1 aliphatic carbocycles. The van der Waals surface area contributed by atoms with Crippen molar-refractivity contribution in [2.24, 2.45) is 0 Å². The molecular formula is C18H26O2. The van der Waals surface area contributed by atoms with Crippen LogP contribution in [-0.4, -0.2) is 13.2 Å². The molecule has 1 fully saturated rings. The van der Waals surface area contributed by atoms with Crippen molar-refractivity contribution < 1.29 is 9.47 Å². The van der Waals surface area contributed by atoms with Crippen LogP contribution in [0.4, 0.5) is 0 Å². The summed E-state index contributed by atoms with van der Waals surface area (Å²) >= 11 is 0. The van der Waals surface area contributed by atoms with Crippen LogP contribution in [0, 0.1) is 0 Å². The summed E-state index contributed by atoms with van der Waals surface area (Å²) in [6.45, 7) is 6.53. The van der Waals surface area contributed by atoms with Crippen LogP contribution in [0.3, 0.4) is 0 Å². The van der Waals surface area contributed by atoms with E-state index in [1.807, 2.05) is 6.07 Å². The molecule has 1 saturated carbocycles. The second-order valence-corrected chi connectivity index (χ2v) is 5.72. The standard InChI is InChI=1S/C18H26O2/c1-5-16(13(2)3)14-10-11-17(19-4)18(12-14)20-15-8-6-7-9-15/h10-12,15H,5-9H2,1-4H3. The van der Waals surface area contributed by atoms with Crippen LogP contribution >= 0.6 is 0 Å². The van der Waals surface area contributed by atoms with Crippen molar-refractivity contribution in [2.45, 2.75) is 59.0 Å². The number of methoxy groups -OCH3 is 1. The van der Waals surface area contributed by atoms with Gasteiger partial charge >= 0.3 is 0 Å². The van der Waals surface area contributed by atoms with E-state index in [0.29, 0.717) is 6.10 Å². The fourth-order valence-electron chi connectivity index (χ4n) is 2.99. The third-order valence-corrected chi connectivity index (χ3v) is 4.07. The minimum Gasteiger partial charge on any atom is -0.493 e. The zero-order chi connectivity index (χ0) is 14.5. The second kappa shape index (κ2) is 6.83. The number of ether oxygens (including phenoxy) is 2. The Balaban J connectivity index is 2.30. The largest absolute Gasteiger partial charge is 0.493 e. The molecule has 110 valence electrons. The molecular weight excluding hydrogens is 248 g/mol. The molecule has 20 heavy (non-hydrogen) atoms. The summed E-state index contributed by atoms with van der Waals surface area (Å²) in [4.78, 5) is 0. The highest BCUT2D eigenvalue weighted by atomic mass is 16.5. The zero-order valence-corrected chi connectivity index (χ0v) is 13.2. The van der Waals surface area contributed by atoms with Crippen molar-refractivity contribution in [3.05, 3.63) is 29.3 Å². The van der Waals surface area contributed by atoms with Crippen molar-refractivity contribution in [1.29, 1.82) is 0 Å². The monoisotopic (exact) mass is 274 g/mol. The van der Waals surface area contributed by atoms with E-state index in [9.17, 15) is 0 Å². The Morgan fingerprint density at radius 3 is 2.40 bits per heavy atom. The summed E-state index contributed by atoms with van der Waals surface area (Å²) in [6.07, 6.45) is 6.28. The molecule has 0 unspecified atom stereocenters. The minimum atomic E-state index is 0.357. The van der Waals surface area contributed by atoms with E-state index in [0.717, 1.165) is 30.8 Å². The maximum atomic E-state index is 6.16. The van der Waals surface area contributed by atoms with Gasteiger partial charge in [0.1, 0.15) is 0 Å². The van der Waals surface area contributed by atoms with Gasteiger partial charge in [-0.05, 0) is 69.2 Å². The lowest BCUT2D eigenvalue weighted by Gasteiger charge is -2.18. The first kappa shape index (κ1) is 15.0. The van der Waals surface area contributed by atoms with Crippen molar-refractivity contribution in [3.8, 4) is 11.5 Å². The molecule has 0 atom stereocenters. The van der Waals surface area contributed by atoms with E-state index in [-0.39, 0.29) is 0 Å². The van der Waals surface area contributed by atoms with Gasteiger partial charge in [-0.1, -0.05) is 18.6 Å². The van der Waals surface area contributed by atoms with Gasteiger partial charge in [0.2, 0.25) is 0 Å².